The zero-order valence-corrected chi connectivity index (χ0v) is 17.4. The maximum atomic E-state index is 12.9. The predicted octanol–water partition coefficient (Wildman–Crippen LogP) is 3.51. The Balaban J connectivity index is 1.53. The van der Waals surface area contributed by atoms with Gasteiger partial charge in [-0.05, 0) is 29.3 Å². The molecular weight excluding hydrogens is 418 g/mol. The second kappa shape index (κ2) is 7.42. The lowest BCUT2D eigenvalue weighted by Crippen LogP contribution is -2.40. The van der Waals surface area contributed by atoms with E-state index in [2.05, 4.69) is 10.6 Å². The monoisotopic (exact) mass is 437 g/mol. The molecular formula is C23H20ClN3O4. The van der Waals surface area contributed by atoms with E-state index in [1.807, 2.05) is 42.5 Å². The smallest absolute Gasteiger partial charge is 0.327 e. The number of nitrogens with zero attached hydrogens (tertiary/aromatic N) is 3. The molecule has 5 rings (SSSR count). The van der Waals surface area contributed by atoms with Crippen LogP contribution in [0.3, 0.4) is 0 Å². The molecule has 2 aromatic carbocycles. The summed E-state index contributed by atoms with van der Waals surface area (Å²) in [5, 5.41) is 10.7. The highest BCUT2D eigenvalue weighted by Gasteiger charge is 2.48. The van der Waals surface area contributed by atoms with E-state index in [-0.39, 0.29) is 18.9 Å². The van der Waals surface area contributed by atoms with Crippen molar-refractivity contribution in [3.8, 4) is 0 Å². The summed E-state index contributed by atoms with van der Waals surface area (Å²) < 4.78 is 2.20. The third-order valence-corrected chi connectivity index (χ3v) is 6.37. The maximum Gasteiger partial charge on any atom is 0.327 e. The van der Waals surface area contributed by atoms with E-state index >= 15 is 0 Å². The van der Waals surface area contributed by atoms with Crippen molar-refractivity contribution in [2.24, 2.45) is 0 Å². The van der Waals surface area contributed by atoms with Gasteiger partial charge >= 0.3 is 12.0 Å². The number of hydrogen-bond acceptors (Lipinski definition) is 3. The zero-order chi connectivity index (χ0) is 21.7. The van der Waals surface area contributed by atoms with Crippen LogP contribution < -0.4 is 0 Å². The number of urea groups is 1. The molecule has 0 radical (unpaired) electrons. The normalized spacial score (nSPS) is 17.9. The van der Waals surface area contributed by atoms with Crippen LogP contribution in [-0.2, 0) is 29.1 Å². The quantitative estimate of drug-likeness (QED) is 0.619. The SMILES string of the molecule is O=C(O)CCN1C(=O)[C@@H]2Cc3c(n(Cc4ccc(Cl)cc4)c4ccccc34)CN2C1=O. The summed E-state index contributed by atoms with van der Waals surface area (Å²) >= 11 is 6.03. The highest BCUT2D eigenvalue weighted by atomic mass is 35.5. The van der Waals surface area contributed by atoms with Crippen LogP contribution >= 0.6 is 11.6 Å². The van der Waals surface area contributed by atoms with Gasteiger partial charge in [-0.2, -0.15) is 0 Å². The van der Waals surface area contributed by atoms with Gasteiger partial charge < -0.3 is 14.6 Å². The number of fused-ring (bicyclic) bond motifs is 4. The molecule has 0 saturated carbocycles. The van der Waals surface area contributed by atoms with E-state index in [4.69, 9.17) is 16.7 Å². The number of para-hydroxylation sites is 1. The number of amides is 3. The Bertz CT molecular complexity index is 1220. The Morgan fingerprint density at radius 2 is 1.84 bits per heavy atom. The third kappa shape index (κ3) is 3.25. The first-order valence-corrected chi connectivity index (χ1v) is 10.5. The van der Waals surface area contributed by atoms with Gasteiger partial charge in [-0.15, -0.1) is 0 Å². The van der Waals surface area contributed by atoms with Crippen molar-refractivity contribution in [1.29, 1.82) is 0 Å². The van der Waals surface area contributed by atoms with E-state index in [0.29, 0.717) is 24.5 Å². The lowest BCUT2D eigenvalue weighted by Gasteiger charge is -2.28. The van der Waals surface area contributed by atoms with E-state index < -0.39 is 18.0 Å². The van der Waals surface area contributed by atoms with Gasteiger partial charge in [0.2, 0.25) is 0 Å². The molecule has 1 aromatic heterocycles. The summed E-state index contributed by atoms with van der Waals surface area (Å²) in [5.74, 6) is -1.35. The van der Waals surface area contributed by atoms with Crippen molar-refractivity contribution in [3.05, 3.63) is 70.4 Å². The van der Waals surface area contributed by atoms with E-state index in [1.54, 1.807) is 4.90 Å². The molecule has 1 fully saturated rings. The van der Waals surface area contributed by atoms with Gasteiger partial charge in [0.25, 0.3) is 5.91 Å². The number of carboxylic acid groups (broad SMARTS) is 1. The fraction of sp³-hybridized carbons (Fsp3) is 0.261. The minimum absolute atomic E-state index is 0.101. The number of carbonyl (C=O) groups is 3. The molecule has 2 aliphatic heterocycles. The minimum atomic E-state index is -1.03. The zero-order valence-electron chi connectivity index (χ0n) is 16.6. The van der Waals surface area contributed by atoms with Gasteiger partial charge in [0.1, 0.15) is 6.04 Å². The van der Waals surface area contributed by atoms with Crippen molar-refractivity contribution in [2.45, 2.75) is 32.0 Å². The molecule has 0 spiro atoms. The number of benzene rings is 2. The summed E-state index contributed by atoms with van der Waals surface area (Å²) in [7, 11) is 0. The summed E-state index contributed by atoms with van der Waals surface area (Å²) in [6.07, 6.45) is 0.175. The predicted molar refractivity (Wildman–Crippen MR) is 115 cm³/mol. The topological polar surface area (TPSA) is 82.8 Å². The number of hydrogen-bond donors (Lipinski definition) is 1. The molecule has 1 N–H and O–H groups in total. The highest BCUT2D eigenvalue weighted by molar-refractivity contribution is 6.30. The molecule has 31 heavy (non-hydrogen) atoms. The number of carbonyl (C=O) groups excluding carboxylic acids is 2. The molecule has 0 aliphatic carbocycles. The molecule has 8 heteroatoms. The average molecular weight is 438 g/mol. The van der Waals surface area contributed by atoms with Crippen molar-refractivity contribution in [1.82, 2.24) is 14.4 Å². The largest absolute Gasteiger partial charge is 0.481 e. The second-order valence-corrected chi connectivity index (χ2v) is 8.36. The molecule has 1 atom stereocenters. The summed E-state index contributed by atoms with van der Waals surface area (Å²) in [6.45, 7) is 0.836. The second-order valence-electron chi connectivity index (χ2n) is 7.92. The number of aliphatic carboxylic acids is 1. The van der Waals surface area contributed by atoms with Crippen LogP contribution in [0.5, 0.6) is 0 Å². The number of imide groups is 1. The summed E-state index contributed by atoms with van der Waals surface area (Å²) in [4.78, 5) is 39.4. The van der Waals surface area contributed by atoms with Crippen molar-refractivity contribution in [2.75, 3.05) is 6.54 Å². The van der Waals surface area contributed by atoms with Crippen LogP contribution in [0, 0.1) is 0 Å². The average Bonchev–Trinajstić information content (AvgIpc) is 3.19. The Labute approximate surface area is 183 Å². The van der Waals surface area contributed by atoms with Crippen LogP contribution in [0.25, 0.3) is 10.9 Å². The summed E-state index contributed by atoms with van der Waals surface area (Å²) in [6, 6.07) is 14.7. The first-order valence-electron chi connectivity index (χ1n) is 10.1. The molecule has 158 valence electrons. The lowest BCUT2D eigenvalue weighted by atomic mass is 9.97. The standard InChI is InChI=1S/C23H20ClN3O4/c24-15-7-5-14(6-8-15)12-26-18-4-2-1-3-16(18)17-11-19-22(30)25(10-9-21(28)29)23(31)27(19)13-20(17)26/h1-8,19H,9-13H2,(H,28,29)/t19-/m0/s1. The van der Waals surface area contributed by atoms with Crippen molar-refractivity contribution >= 4 is 40.4 Å². The van der Waals surface area contributed by atoms with Crippen LogP contribution in [0.2, 0.25) is 5.02 Å². The summed E-state index contributed by atoms with van der Waals surface area (Å²) in [5.41, 5.74) is 4.23. The highest BCUT2D eigenvalue weighted by Crippen LogP contribution is 2.36. The third-order valence-electron chi connectivity index (χ3n) is 6.12. The van der Waals surface area contributed by atoms with E-state index in [1.165, 1.54) is 0 Å². The first kappa shape index (κ1) is 19.6. The van der Waals surface area contributed by atoms with Gasteiger partial charge in [-0.1, -0.05) is 41.9 Å². The van der Waals surface area contributed by atoms with Gasteiger partial charge in [-0.25, -0.2) is 4.79 Å². The molecule has 3 aromatic rings. The number of aromatic nitrogens is 1. The van der Waals surface area contributed by atoms with Gasteiger partial charge in [-0.3, -0.25) is 14.5 Å². The Morgan fingerprint density at radius 1 is 1.10 bits per heavy atom. The fourth-order valence-electron chi connectivity index (χ4n) is 4.63. The van der Waals surface area contributed by atoms with Crippen LogP contribution in [-0.4, -0.2) is 50.0 Å². The van der Waals surface area contributed by atoms with Crippen LogP contribution in [0.15, 0.2) is 48.5 Å². The molecule has 7 nitrogen and oxygen atoms in total. The van der Waals surface area contributed by atoms with Gasteiger partial charge in [0.05, 0.1) is 13.0 Å². The number of halogens is 1. The molecule has 0 unspecified atom stereocenters. The molecule has 0 bridgehead atoms. The first-order chi connectivity index (χ1) is 14.9. The molecule has 2 aliphatic rings. The van der Waals surface area contributed by atoms with Crippen molar-refractivity contribution in [3.63, 3.8) is 0 Å². The number of carboxylic acids is 1. The molecule has 1 saturated heterocycles. The van der Waals surface area contributed by atoms with Gasteiger partial charge in [0, 0.05) is 41.1 Å². The van der Waals surface area contributed by atoms with Gasteiger partial charge in [0.15, 0.2) is 0 Å². The van der Waals surface area contributed by atoms with Crippen LogP contribution in [0.1, 0.15) is 23.2 Å². The fourth-order valence-corrected chi connectivity index (χ4v) is 4.75. The van der Waals surface area contributed by atoms with Crippen LogP contribution in [0.4, 0.5) is 4.79 Å². The Kier molecular flexibility index (Phi) is 4.70. The molecule has 3 heterocycles. The lowest BCUT2D eigenvalue weighted by molar-refractivity contribution is -0.137. The van der Waals surface area contributed by atoms with E-state index in [9.17, 15) is 14.4 Å². The number of rotatable bonds is 5. The maximum absolute atomic E-state index is 12.9. The Morgan fingerprint density at radius 3 is 2.58 bits per heavy atom. The van der Waals surface area contributed by atoms with E-state index in [0.717, 1.165) is 32.6 Å². The minimum Gasteiger partial charge on any atom is -0.481 e. The van der Waals surface area contributed by atoms with Crippen molar-refractivity contribution < 1.29 is 19.5 Å². The Hall–Kier alpha value is -3.32. The molecule has 3 amide bonds.